The van der Waals surface area contributed by atoms with Gasteiger partial charge in [0.2, 0.25) is 0 Å². The summed E-state index contributed by atoms with van der Waals surface area (Å²) in [7, 11) is 0. The lowest BCUT2D eigenvalue weighted by molar-refractivity contribution is 0.0972. The Balaban J connectivity index is 1.58. The van der Waals surface area contributed by atoms with Crippen molar-refractivity contribution in [2.24, 2.45) is 4.99 Å². The molecule has 32 heavy (non-hydrogen) atoms. The van der Waals surface area contributed by atoms with E-state index in [4.69, 9.17) is 4.99 Å². The van der Waals surface area contributed by atoms with Gasteiger partial charge in [-0.25, -0.2) is 4.99 Å². The van der Waals surface area contributed by atoms with Crippen molar-refractivity contribution < 1.29 is 9.59 Å². The largest absolute Gasteiger partial charge is 0.331 e. The normalized spacial score (nSPS) is 19.2. The Kier molecular flexibility index (Phi) is 3.76. The molecule has 4 heteroatoms. The van der Waals surface area contributed by atoms with Gasteiger partial charge in [0.05, 0.1) is 28.8 Å². The molecule has 3 aliphatic rings. The lowest BCUT2D eigenvalue weighted by Gasteiger charge is -2.42. The second-order valence-electron chi connectivity index (χ2n) is 8.93. The number of rotatable bonds is 0. The molecule has 0 saturated heterocycles. The summed E-state index contributed by atoms with van der Waals surface area (Å²) in [4.78, 5) is 34.3. The van der Waals surface area contributed by atoms with Crippen LogP contribution in [0.4, 0.5) is 11.4 Å². The SMILES string of the molecule is CC1=Nc2cc(C)c(C)cc2N2C1=CC1=C(C(=O)c3cc4ccccc4cc3C1=O)[C@H]2C. The second kappa shape index (κ2) is 6.36. The molecular weight excluding hydrogens is 396 g/mol. The van der Waals surface area contributed by atoms with Crippen LogP contribution in [-0.4, -0.2) is 23.3 Å². The number of Topliss-reactive ketones (excluding diaryl/α,β-unsaturated/α-hetero) is 2. The molecule has 0 unspecified atom stereocenters. The third-order valence-electron chi connectivity index (χ3n) is 7.01. The van der Waals surface area contributed by atoms with Gasteiger partial charge in [-0.2, -0.15) is 0 Å². The zero-order chi connectivity index (χ0) is 22.3. The molecule has 1 aliphatic carbocycles. The van der Waals surface area contributed by atoms with Crippen LogP contribution < -0.4 is 4.90 Å². The van der Waals surface area contributed by atoms with E-state index >= 15 is 0 Å². The third-order valence-corrected chi connectivity index (χ3v) is 7.01. The fourth-order valence-corrected chi connectivity index (χ4v) is 5.18. The molecule has 3 aromatic rings. The van der Waals surface area contributed by atoms with E-state index < -0.39 is 0 Å². The Bertz CT molecular complexity index is 1500. The lowest BCUT2D eigenvalue weighted by atomic mass is 9.77. The van der Waals surface area contributed by atoms with Crippen molar-refractivity contribution in [2.45, 2.75) is 33.7 Å². The number of carbonyl (C=O) groups is 2. The van der Waals surface area contributed by atoms with Gasteiger partial charge < -0.3 is 4.90 Å². The van der Waals surface area contributed by atoms with Crippen LogP contribution in [0.1, 0.15) is 45.7 Å². The van der Waals surface area contributed by atoms with E-state index in [9.17, 15) is 9.59 Å². The first-order valence-electron chi connectivity index (χ1n) is 10.9. The highest BCUT2D eigenvalue weighted by Gasteiger charge is 2.42. The van der Waals surface area contributed by atoms with Gasteiger partial charge in [0, 0.05) is 22.3 Å². The molecule has 0 fully saturated rings. The number of nitrogens with zero attached hydrogens (tertiary/aromatic N) is 2. The minimum atomic E-state index is -0.271. The number of anilines is 1. The van der Waals surface area contributed by atoms with Crippen LogP contribution in [0.2, 0.25) is 0 Å². The maximum Gasteiger partial charge on any atom is 0.194 e. The van der Waals surface area contributed by atoms with E-state index in [0.717, 1.165) is 33.6 Å². The first kappa shape index (κ1) is 18.9. The van der Waals surface area contributed by atoms with Crippen LogP contribution in [0.15, 0.2) is 76.4 Å². The number of ketones is 2. The predicted molar refractivity (Wildman–Crippen MR) is 128 cm³/mol. The van der Waals surface area contributed by atoms with Crippen molar-refractivity contribution in [2.75, 3.05) is 4.90 Å². The zero-order valence-corrected chi connectivity index (χ0v) is 18.5. The first-order chi connectivity index (χ1) is 15.3. The highest BCUT2D eigenvalue weighted by atomic mass is 16.1. The number of benzene rings is 3. The van der Waals surface area contributed by atoms with E-state index in [1.807, 2.05) is 56.3 Å². The molecule has 2 aliphatic heterocycles. The van der Waals surface area contributed by atoms with Gasteiger partial charge in [-0.1, -0.05) is 24.3 Å². The molecule has 0 spiro atoms. The fraction of sp³-hybridized carbons (Fsp3) is 0.179. The summed E-state index contributed by atoms with van der Waals surface area (Å²) in [5.41, 5.74) is 8.03. The average molecular weight is 418 g/mol. The van der Waals surface area contributed by atoms with Gasteiger partial charge in [-0.15, -0.1) is 0 Å². The van der Waals surface area contributed by atoms with Gasteiger partial charge in [-0.05, 0) is 79.9 Å². The molecule has 0 N–H and O–H groups in total. The Morgan fingerprint density at radius 1 is 0.844 bits per heavy atom. The van der Waals surface area contributed by atoms with Crippen LogP contribution in [-0.2, 0) is 0 Å². The summed E-state index contributed by atoms with van der Waals surface area (Å²) in [6.45, 7) is 8.14. The molecule has 6 rings (SSSR count). The maximum atomic E-state index is 13.7. The van der Waals surface area contributed by atoms with Gasteiger partial charge in [0.1, 0.15) is 0 Å². The zero-order valence-electron chi connectivity index (χ0n) is 18.5. The van der Waals surface area contributed by atoms with Crippen molar-refractivity contribution in [3.05, 3.63) is 93.7 Å². The average Bonchev–Trinajstić information content (AvgIpc) is 2.78. The lowest BCUT2D eigenvalue weighted by Crippen LogP contribution is -2.44. The summed E-state index contributed by atoms with van der Waals surface area (Å²) in [6.07, 6.45) is 1.87. The Morgan fingerprint density at radius 3 is 2.16 bits per heavy atom. The molecule has 4 nitrogen and oxygen atoms in total. The van der Waals surface area contributed by atoms with Crippen LogP contribution in [0.25, 0.3) is 10.8 Å². The van der Waals surface area contributed by atoms with E-state index in [1.54, 1.807) is 0 Å². The Hall–Kier alpha value is -3.79. The highest BCUT2D eigenvalue weighted by molar-refractivity contribution is 6.31. The van der Waals surface area contributed by atoms with E-state index in [-0.39, 0.29) is 17.6 Å². The number of aliphatic imine (C=N–C) groups is 1. The first-order valence-corrected chi connectivity index (χ1v) is 10.9. The smallest absolute Gasteiger partial charge is 0.194 e. The van der Waals surface area contributed by atoms with Gasteiger partial charge in [-0.3, -0.25) is 9.59 Å². The number of aryl methyl sites for hydroxylation is 2. The summed E-state index contributed by atoms with van der Waals surface area (Å²) in [6, 6.07) is 15.5. The Morgan fingerprint density at radius 2 is 1.47 bits per heavy atom. The van der Waals surface area contributed by atoms with Crippen molar-refractivity contribution in [3.8, 4) is 0 Å². The molecule has 1 atom stereocenters. The minimum absolute atomic E-state index is 0.0614. The second-order valence-corrected chi connectivity index (χ2v) is 8.93. The number of fused-ring (bicyclic) bond motifs is 5. The third kappa shape index (κ3) is 2.41. The van der Waals surface area contributed by atoms with Gasteiger partial charge in [0.15, 0.2) is 11.6 Å². The minimum Gasteiger partial charge on any atom is -0.331 e. The molecule has 2 heterocycles. The van der Waals surface area contributed by atoms with Crippen LogP contribution >= 0.6 is 0 Å². The van der Waals surface area contributed by atoms with Gasteiger partial charge in [0.25, 0.3) is 0 Å². The van der Waals surface area contributed by atoms with Crippen LogP contribution in [0.3, 0.4) is 0 Å². The molecule has 0 amide bonds. The van der Waals surface area contributed by atoms with Gasteiger partial charge >= 0.3 is 0 Å². The molecule has 0 aromatic heterocycles. The summed E-state index contributed by atoms with van der Waals surface area (Å²) >= 11 is 0. The summed E-state index contributed by atoms with van der Waals surface area (Å²) in [5, 5.41) is 1.93. The molecule has 156 valence electrons. The molecule has 0 saturated carbocycles. The predicted octanol–water partition coefficient (Wildman–Crippen LogP) is 6.03. The van der Waals surface area contributed by atoms with Crippen molar-refractivity contribution in [3.63, 3.8) is 0 Å². The summed E-state index contributed by atoms with van der Waals surface area (Å²) in [5.74, 6) is -0.147. The number of hydrogen-bond acceptors (Lipinski definition) is 4. The standard InChI is InChI=1S/C28H22N2O2/c1-14-9-23-25(10-15(14)2)30-17(4)26-22(13-24(30)16(3)29-23)27(31)20-11-18-7-5-6-8-19(18)12-21(20)28(26)32/h5-13,17H,1-4H3/t17-/m1/s1. The Labute approximate surface area is 186 Å². The molecule has 0 bridgehead atoms. The number of allylic oxidation sites excluding steroid dienone is 3. The molecule has 3 aromatic carbocycles. The maximum absolute atomic E-state index is 13.7. The van der Waals surface area contributed by atoms with E-state index in [0.29, 0.717) is 22.3 Å². The monoisotopic (exact) mass is 418 g/mol. The topological polar surface area (TPSA) is 49.7 Å². The highest BCUT2D eigenvalue weighted by Crippen LogP contribution is 2.45. The fourth-order valence-electron chi connectivity index (χ4n) is 5.18. The number of hydrogen-bond donors (Lipinski definition) is 0. The number of carbonyl (C=O) groups excluding carboxylic acids is 2. The van der Waals surface area contributed by atoms with Crippen molar-refractivity contribution in [1.82, 2.24) is 0 Å². The van der Waals surface area contributed by atoms with Crippen molar-refractivity contribution >= 4 is 39.4 Å². The van der Waals surface area contributed by atoms with Crippen molar-refractivity contribution in [1.29, 1.82) is 0 Å². The van der Waals surface area contributed by atoms with E-state index in [1.165, 1.54) is 11.1 Å². The molecule has 0 radical (unpaired) electrons. The molecular formula is C28H22N2O2. The van der Waals surface area contributed by atoms with E-state index in [2.05, 4.69) is 30.9 Å². The van der Waals surface area contributed by atoms with Crippen LogP contribution in [0.5, 0.6) is 0 Å². The quantitative estimate of drug-likeness (QED) is 0.448. The summed E-state index contributed by atoms with van der Waals surface area (Å²) < 4.78 is 0. The van der Waals surface area contributed by atoms with Crippen LogP contribution in [0, 0.1) is 13.8 Å².